The van der Waals surface area contributed by atoms with Gasteiger partial charge < -0.3 is 10.2 Å². The average molecular weight is 266 g/mol. The predicted octanol–water partition coefficient (Wildman–Crippen LogP) is 3.54. The normalized spacial score (nSPS) is 9.85. The number of hydrogen-bond acceptors (Lipinski definition) is 4. The van der Waals surface area contributed by atoms with Gasteiger partial charge in [0.25, 0.3) is 0 Å². The standard InChI is InChI=1S/C16H18N4/c1-3-20(4-2)15-7-5-14(6-8-15)19-16-11-13(12-17)9-10-18-16/h5-11H,3-4H2,1-2H3,(H,18,19). The molecular weight excluding hydrogens is 248 g/mol. The summed E-state index contributed by atoms with van der Waals surface area (Å²) < 4.78 is 0. The monoisotopic (exact) mass is 266 g/mol. The van der Waals surface area contributed by atoms with Crippen LogP contribution < -0.4 is 10.2 Å². The van der Waals surface area contributed by atoms with E-state index in [2.05, 4.69) is 47.3 Å². The maximum atomic E-state index is 8.87. The van der Waals surface area contributed by atoms with Crippen molar-refractivity contribution in [1.29, 1.82) is 5.26 Å². The first-order chi connectivity index (χ1) is 9.76. The molecule has 0 saturated carbocycles. The van der Waals surface area contributed by atoms with Crippen molar-refractivity contribution >= 4 is 17.2 Å². The summed E-state index contributed by atoms with van der Waals surface area (Å²) >= 11 is 0. The van der Waals surface area contributed by atoms with E-state index in [4.69, 9.17) is 5.26 Å². The van der Waals surface area contributed by atoms with E-state index in [0.717, 1.165) is 18.8 Å². The lowest BCUT2D eigenvalue weighted by Gasteiger charge is -2.21. The Morgan fingerprint density at radius 3 is 2.45 bits per heavy atom. The predicted molar refractivity (Wildman–Crippen MR) is 82.2 cm³/mol. The Balaban J connectivity index is 2.12. The summed E-state index contributed by atoms with van der Waals surface area (Å²) in [6, 6.07) is 13.7. The molecule has 2 aromatic rings. The lowest BCUT2D eigenvalue weighted by molar-refractivity contribution is 0.866. The second kappa shape index (κ2) is 6.58. The summed E-state index contributed by atoms with van der Waals surface area (Å²) in [5, 5.41) is 12.1. The van der Waals surface area contributed by atoms with Gasteiger partial charge in [-0.15, -0.1) is 0 Å². The third kappa shape index (κ3) is 3.27. The SMILES string of the molecule is CCN(CC)c1ccc(Nc2cc(C#N)ccn2)cc1. The van der Waals surface area contributed by atoms with Crippen LogP contribution in [0.5, 0.6) is 0 Å². The van der Waals surface area contributed by atoms with Gasteiger partial charge in [0.1, 0.15) is 5.82 Å². The third-order valence-electron chi connectivity index (χ3n) is 3.16. The number of anilines is 3. The zero-order chi connectivity index (χ0) is 14.4. The van der Waals surface area contributed by atoms with Gasteiger partial charge in [-0.3, -0.25) is 0 Å². The summed E-state index contributed by atoms with van der Waals surface area (Å²) in [6.45, 7) is 6.28. The Labute approximate surface area is 119 Å². The van der Waals surface area contributed by atoms with E-state index in [0.29, 0.717) is 11.4 Å². The van der Waals surface area contributed by atoms with Crippen molar-refractivity contribution in [3.8, 4) is 6.07 Å². The van der Waals surface area contributed by atoms with Crippen LogP contribution >= 0.6 is 0 Å². The van der Waals surface area contributed by atoms with E-state index < -0.39 is 0 Å². The Morgan fingerprint density at radius 1 is 1.15 bits per heavy atom. The molecule has 1 heterocycles. The number of nitrogens with zero attached hydrogens (tertiary/aromatic N) is 3. The minimum Gasteiger partial charge on any atom is -0.372 e. The van der Waals surface area contributed by atoms with Gasteiger partial charge in [-0.05, 0) is 50.2 Å². The highest BCUT2D eigenvalue weighted by Gasteiger charge is 2.02. The van der Waals surface area contributed by atoms with Gasteiger partial charge in [0.15, 0.2) is 0 Å². The van der Waals surface area contributed by atoms with E-state index >= 15 is 0 Å². The topological polar surface area (TPSA) is 52.0 Å². The number of benzene rings is 1. The molecule has 20 heavy (non-hydrogen) atoms. The molecule has 0 radical (unpaired) electrons. The molecule has 0 saturated heterocycles. The largest absolute Gasteiger partial charge is 0.372 e. The number of hydrogen-bond donors (Lipinski definition) is 1. The van der Waals surface area contributed by atoms with Crippen LogP contribution in [-0.2, 0) is 0 Å². The van der Waals surface area contributed by atoms with Gasteiger partial charge in [0, 0.05) is 30.7 Å². The summed E-state index contributed by atoms with van der Waals surface area (Å²) in [4.78, 5) is 6.49. The molecular formula is C16H18N4. The van der Waals surface area contributed by atoms with Crippen LogP contribution in [0.15, 0.2) is 42.6 Å². The second-order valence-corrected chi connectivity index (χ2v) is 4.39. The van der Waals surface area contributed by atoms with Crippen molar-refractivity contribution in [3.63, 3.8) is 0 Å². The number of nitriles is 1. The molecule has 1 aromatic heterocycles. The zero-order valence-corrected chi connectivity index (χ0v) is 11.8. The lowest BCUT2D eigenvalue weighted by atomic mass is 10.2. The maximum absolute atomic E-state index is 8.87. The van der Waals surface area contributed by atoms with Crippen LogP contribution in [0.25, 0.3) is 0 Å². The molecule has 2 rings (SSSR count). The van der Waals surface area contributed by atoms with E-state index in [1.54, 1.807) is 18.3 Å². The maximum Gasteiger partial charge on any atom is 0.131 e. The summed E-state index contributed by atoms with van der Waals surface area (Å²) in [6.07, 6.45) is 1.63. The van der Waals surface area contributed by atoms with Gasteiger partial charge in [-0.2, -0.15) is 5.26 Å². The van der Waals surface area contributed by atoms with Gasteiger partial charge in [-0.25, -0.2) is 4.98 Å². The molecule has 4 heteroatoms. The Morgan fingerprint density at radius 2 is 1.85 bits per heavy atom. The van der Waals surface area contributed by atoms with Gasteiger partial charge in [0.05, 0.1) is 11.6 Å². The van der Waals surface area contributed by atoms with Gasteiger partial charge >= 0.3 is 0 Å². The smallest absolute Gasteiger partial charge is 0.131 e. The fourth-order valence-electron chi connectivity index (χ4n) is 2.06. The van der Waals surface area contributed by atoms with E-state index in [1.165, 1.54) is 5.69 Å². The van der Waals surface area contributed by atoms with Crippen LogP contribution in [0.4, 0.5) is 17.2 Å². The Bertz CT molecular complexity index is 595. The molecule has 1 N–H and O–H groups in total. The number of aromatic nitrogens is 1. The van der Waals surface area contributed by atoms with Crippen molar-refractivity contribution in [2.24, 2.45) is 0 Å². The minimum atomic E-state index is 0.599. The first kappa shape index (κ1) is 13.9. The first-order valence-corrected chi connectivity index (χ1v) is 6.75. The zero-order valence-electron chi connectivity index (χ0n) is 11.8. The highest BCUT2D eigenvalue weighted by molar-refractivity contribution is 5.61. The van der Waals surface area contributed by atoms with Crippen molar-refractivity contribution in [3.05, 3.63) is 48.2 Å². The van der Waals surface area contributed by atoms with Crippen molar-refractivity contribution in [1.82, 2.24) is 4.98 Å². The van der Waals surface area contributed by atoms with Crippen molar-refractivity contribution in [2.75, 3.05) is 23.3 Å². The third-order valence-corrected chi connectivity index (χ3v) is 3.16. The molecule has 102 valence electrons. The number of pyridine rings is 1. The Hall–Kier alpha value is -2.54. The molecule has 0 aliphatic heterocycles. The molecule has 0 unspecified atom stereocenters. The van der Waals surface area contributed by atoms with Gasteiger partial charge in [-0.1, -0.05) is 0 Å². The minimum absolute atomic E-state index is 0.599. The van der Waals surface area contributed by atoms with Crippen molar-refractivity contribution < 1.29 is 0 Å². The Kier molecular flexibility index (Phi) is 4.56. The van der Waals surface area contributed by atoms with Gasteiger partial charge in [0.2, 0.25) is 0 Å². The number of rotatable bonds is 5. The highest BCUT2D eigenvalue weighted by Crippen LogP contribution is 2.20. The molecule has 0 bridgehead atoms. The second-order valence-electron chi connectivity index (χ2n) is 4.39. The molecule has 0 fully saturated rings. The summed E-state index contributed by atoms with van der Waals surface area (Å²) in [5.74, 6) is 0.680. The average Bonchev–Trinajstić information content (AvgIpc) is 2.50. The number of nitrogens with one attached hydrogen (secondary N) is 1. The quantitative estimate of drug-likeness (QED) is 0.899. The molecule has 0 aliphatic carbocycles. The molecule has 0 spiro atoms. The van der Waals surface area contributed by atoms with Crippen LogP contribution in [0.1, 0.15) is 19.4 Å². The summed E-state index contributed by atoms with van der Waals surface area (Å²) in [7, 11) is 0. The molecule has 0 aliphatic rings. The fraction of sp³-hybridized carbons (Fsp3) is 0.250. The van der Waals surface area contributed by atoms with E-state index in [1.807, 2.05) is 12.1 Å². The highest BCUT2D eigenvalue weighted by atomic mass is 15.1. The first-order valence-electron chi connectivity index (χ1n) is 6.75. The molecule has 4 nitrogen and oxygen atoms in total. The van der Waals surface area contributed by atoms with Crippen LogP contribution in [0.3, 0.4) is 0 Å². The summed E-state index contributed by atoms with van der Waals surface area (Å²) in [5.41, 5.74) is 2.77. The fourth-order valence-corrected chi connectivity index (χ4v) is 2.06. The molecule has 0 atom stereocenters. The van der Waals surface area contributed by atoms with Crippen molar-refractivity contribution in [2.45, 2.75) is 13.8 Å². The van der Waals surface area contributed by atoms with E-state index in [-0.39, 0.29) is 0 Å². The van der Waals surface area contributed by atoms with Crippen LogP contribution in [0.2, 0.25) is 0 Å². The lowest BCUT2D eigenvalue weighted by Crippen LogP contribution is -2.21. The van der Waals surface area contributed by atoms with Crippen LogP contribution in [0, 0.1) is 11.3 Å². The molecule has 0 amide bonds. The molecule has 1 aromatic carbocycles. The van der Waals surface area contributed by atoms with Crippen LogP contribution in [-0.4, -0.2) is 18.1 Å². The van der Waals surface area contributed by atoms with E-state index in [9.17, 15) is 0 Å².